The SMILES string of the molecule is COc1cc(SN2CCOCC2)ccc1NCC#Cc1cc2c(NC3CCS(=O)CC3)cccc2n1CC(F)(F)F. The Morgan fingerprint density at radius 3 is 2.63 bits per heavy atom. The maximum atomic E-state index is 13.6. The van der Waals surface area contributed by atoms with Crippen LogP contribution in [0.4, 0.5) is 24.5 Å². The van der Waals surface area contributed by atoms with Crippen LogP contribution >= 0.6 is 11.9 Å². The summed E-state index contributed by atoms with van der Waals surface area (Å²) in [7, 11) is 0.811. The lowest BCUT2D eigenvalue weighted by atomic mass is 10.1. The first-order valence-electron chi connectivity index (χ1n) is 13.5. The van der Waals surface area contributed by atoms with E-state index >= 15 is 0 Å². The number of anilines is 2. The van der Waals surface area contributed by atoms with Crippen LogP contribution in [0, 0.1) is 11.8 Å². The van der Waals surface area contributed by atoms with Crippen LogP contribution < -0.4 is 15.4 Å². The van der Waals surface area contributed by atoms with Crippen molar-refractivity contribution in [3.05, 3.63) is 48.2 Å². The lowest BCUT2D eigenvalue weighted by molar-refractivity contribution is -0.140. The predicted octanol–water partition coefficient (Wildman–Crippen LogP) is 5.34. The Morgan fingerprint density at radius 1 is 1.12 bits per heavy atom. The Morgan fingerprint density at radius 2 is 1.90 bits per heavy atom. The topological polar surface area (TPSA) is 67.8 Å². The lowest BCUT2D eigenvalue weighted by Gasteiger charge is -2.25. The fourth-order valence-corrected chi connectivity index (χ4v) is 7.17. The fraction of sp³-hybridized carbons (Fsp3) is 0.448. The maximum Gasteiger partial charge on any atom is 0.406 e. The highest BCUT2D eigenvalue weighted by atomic mass is 32.2. The molecule has 2 N–H and O–H groups in total. The standard InChI is InChI=1S/C29H33F3N4O3S2/c1-38-28-19-23(40-35-12-14-39-15-13-35)7-8-26(28)33-11-3-4-22-18-24-25(34-21-9-16-41(37)17-10-21)5-2-6-27(24)36(22)20-29(30,31)32/h2,5-8,18-19,21,33-34H,9-17,20H2,1H3. The van der Waals surface area contributed by atoms with Gasteiger partial charge < -0.3 is 24.7 Å². The second-order valence-electron chi connectivity index (χ2n) is 9.89. The molecule has 0 atom stereocenters. The van der Waals surface area contributed by atoms with Gasteiger partial charge in [-0.25, -0.2) is 4.31 Å². The molecule has 0 saturated carbocycles. The number of benzene rings is 2. The number of hydrogen-bond acceptors (Lipinski definition) is 7. The van der Waals surface area contributed by atoms with Gasteiger partial charge in [0.25, 0.3) is 0 Å². The van der Waals surface area contributed by atoms with E-state index in [-0.39, 0.29) is 12.6 Å². The Hall–Kier alpha value is -2.85. The average molecular weight is 607 g/mol. The minimum atomic E-state index is -4.40. The highest BCUT2D eigenvalue weighted by Gasteiger charge is 2.30. The van der Waals surface area contributed by atoms with Crippen LogP contribution in [0.15, 0.2) is 47.4 Å². The van der Waals surface area contributed by atoms with Gasteiger partial charge in [0, 0.05) is 57.4 Å². The number of nitrogens with one attached hydrogen (secondary N) is 2. The third-order valence-corrected chi connectivity index (χ3v) is 9.46. The number of alkyl halides is 3. The Bertz CT molecular complexity index is 1430. The Balaban J connectivity index is 1.32. The average Bonchev–Trinajstić information content (AvgIpc) is 3.30. The molecule has 2 saturated heterocycles. The zero-order chi connectivity index (χ0) is 28.8. The molecule has 2 aliphatic rings. The number of hydrogen-bond donors (Lipinski definition) is 2. The van der Waals surface area contributed by atoms with Crippen molar-refractivity contribution in [3.8, 4) is 17.6 Å². The van der Waals surface area contributed by atoms with E-state index in [1.54, 1.807) is 37.3 Å². The molecule has 5 rings (SSSR count). The first kappa shape index (κ1) is 29.6. The summed E-state index contributed by atoms with van der Waals surface area (Å²) in [6, 6.07) is 13.0. The van der Waals surface area contributed by atoms with Crippen LogP contribution in [0.2, 0.25) is 0 Å². The molecule has 0 radical (unpaired) electrons. The van der Waals surface area contributed by atoms with E-state index in [0.29, 0.717) is 47.1 Å². The highest BCUT2D eigenvalue weighted by molar-refractivity contribution is 7.97. The molecule has 2 fully saturated rings. The van der Waals surface area contributed by atoms with Gasteiger partial charge in [-0.2, -0.15) is 13.2 Å². The number of fused-ring (bicyclic) bond motifs is 1. The predicted molar refractivity (Wildman–Crippen MR) is 159 cm³/mol. The number of nitrogens with zero attached hydrogens (tertiary/aromatic N) is 2. The molecule has 0 spiro atoms. The quantitative estimate of drug-likeness (QED) is 0.265. The van der Waals surface area contributed by atoms with Crippen molar-refractivity contribution < 1.29 is 26.9 Å². The van der Waals surface area contributed by atoms with Crippen LogP contribution in [-0.4, -0.2) is 76.8 Å². The summed E-state index contributed by atoms with van der Waals surface area (Å²) >= 11 is 1.65. The Labute approximate surface area is 244 Å². The summed E-state index contributed by atoms with van der Waals surface area (Å²) in [5.74, 6) is 7.87. The second-order valence-corrected chi connectivity index (χ2v) is 12.8. The second kappa shape index (κ2) is 13.4. The zero-order valence-corrected chi connectivity index (χ0v) is 24.4. The van der Waals surface area contributed by atoms with Crippen molar-refractivity contribution in [3.63, 3.8) is 0 Å². The molecule has 3 aromatic rings. The monoisotopic (exact) mass is 606 g/mol. The number of halogens is 3. The molecule has 3 heterocycles. The van der Waals surface area contributed by atoms with E-state index in [2.05, 4.69) is 26.8 Å². The van der Waals surface area contributed by atoms with Gasteiger partial charge in [0.05, 0.1) is 43.8 Å². The smallest absolute Gasteiger partial charge is 0.406 e. The zero-order valence-electron chi connectivity index (χ0n) is 22.8. The first-order chi connectivity index (χ1) is 19.8. The highest BCUT2D eigenvalue weighted by Crippen LogP contribution is 2.33. The molecular weight excluding hydrogens is 573 g/mol. The van der Waals surface area contributed by atoms with Crippen molar-refractivity contribution in [1.29, 1.82) is 0 Å². The van der Waals surface area contributed by atoms with Crippen LogP contribution in [0.5, 0.6) is 5.75 Å². The summed E-state index contributed by atoms with van der Waals surface area (Å²) in [5, 5.41) is 7.38. The summed E-state index contributed by atoms with van der Waals surface area (Å²) in [5.41, 5.74) is 2.28. The van der Waals surface area contributed by atoms with Gasteiger partial charge in [-0.15, -0.1) is 0 Å². The van der Waals surface area contributed by atoms with Gasteiger partial charge in [-0.3, -0.25) is 4.21 Å². The molecule has 0 amide bonds. The molecular formula is C29H33F3N4O3S2. The van der Waals surface area contributed by atoms with Crippen molar-refractivity contribution >= 4 is 45.0 Å². The molecule has 41 heavy (non-hydrogen) atoms. The minimum absolute atomic E-state index is 0.136. The molecule has 2 aliphatic heterocycles. The van der Waals surface area contributed by atoms with Crippen molar-refractivity contribution in [2.45, 2.75) is 36.5 Å². The number of methoxy groups -OCH3 is 1. The van der Waals surface area contributed by atoms with Crippen LogP contribution in [0.1, 0.15) is 18.5 Å². The van der Waals surface area contributed by atoms with E-state index < -0.39 is 23.5 Å². The van der Waals surface area contributed by atoms with Gasteiger partial charge in [0.1, 0.15) is 12.3 Å². The van der Waals surface area contributed by atoms with Gasteiger partial charge in [-0.05, 0) is 67.1 Å². The molecule has 0 unspecified atom stereocenters. The normalized spacial score (nSPS) is 19.9. The van der Waals surface area contributed by atoms with Crippen LogP contribution in [0.3, 0.4) is 0 Å². The van der Waals surface area contributed by atoms with Gasteiger partial charge >= 0.3 is 6.18 Å². The summed E-state index contributed by atoms with van der Waals surface area (Å²) in [4.78, 5) is 1.04. The first-order valence-corrected chi connectivity index (χ1v) is 15.8. The number of morpholine rings is 1. The van der Waals surface area contributed by atoms with E-state index in [1.165, 1.54) is 4.57 Å². The van der Waals surface area contributed by atoms with Crippen LogP contribution in [-0.2, 0) is 22.1 Å². The summed E-state index contributed by atoms with van der Waals surface area (Å²) in [6.45, 7) is 2.24. The number of ether oxygens (including phenoxy) is 2. The lowest BCUT2D eigenvalue weighted by Crippen LogP contribution is -2.30. The molecule has 2 aromatic carbocycles. The molecule has 220 valence electrons. The third-order valence-electron chi connectivity index (χ3n) is 6.99. The van der Waals surface area contributed by atoms with Crippen molar-refractivity contribution in [1.82, 2.24) is 8.87 Å². The molecule has 7 nitrogen and oxygen atoms in total. The third kappa shape index (κ3) is 7.92. The fourth-order valence-electron chi connectivity index (χ4n) is 4.96. The molecule has 0 bridgehead atoms. The number of aromatic nitrogens is 1. The largest absolute Gasteiger partial charge is 0.495 e. The van der Waals surface area contributed by atoms with E-state index in [0.717, 1.165) is 42.2 Å². The van der Waals surface area contributed by atoms with Crippen molar-refractivity contribution in [2.24, 2.45) is 0 Å². The minimum Gasteiger partial charge on any atom is -0.495 e. The molecule has 12 heteroatoms. The summed E-state index contributed by atoms with van der Waals surface area (Å²) < 4.78 is 66.9. The van der Waals surface area contributed by atoms with E-state index in [1.807, 2.05) is 24.3 Å². The van der Waals surface area contributed by atoms with Crippen molar-refractivity contribution in [2.75, 3.05) is 62.1 Å². The summed E-state index contributed by atoms with van der Waals surface area (Å²) in [6.07, 6.45) is -2.87. The van der Waals surface area contributed by atoms with Crippen LogP contribution in [0.25, 0.3) is 10.9 Å². The Kier molecular flexibility index (Phi) is 9.70. The molecule has 0 aliphatic carbocycles. The molecule has 1 aromatic heterocycles. The number of rotatable bonds is 8. The van der Waals surface area contributed by atoms with Gasteiger partial charge in [0.2, 0.25) is 0 Å². The van der Waals surface area contributed by atoms with Gasteiger partial charge in [0.15, 0.2) is 0 Å². The van der Waals surface area contributed by atoms with Gasteiger partial charge in [-0.1, -0.05) is 12.0 Å². The maximum absolute atomic E-state index is 13.6. The van der Waals surface area contributed by atoms with E-state index in [4.69, 9.17) is 9.47 Å². The van der Waals surface area contributed by atoms with E-state index in [9.17, 15) is 17.4 Å².